The number of rotatable bonds is 0. The normalized spacial score (nSPS) is 21.2. The standard InChI is InChI=1S/C9H10O3/c10-7-1-2-9-6(3-7)4-8(11)5-12-9/h1-3,8,10-11H,4-5H2. The van der Waals surface area contributed by atoms with E-state index in [9.17, 15) is 5.11 Å². The first-order valence-corrected chi connectivity index (χ1v) is 3.88. The van der Waals surface area contributed by atoms with Crippen molar-refractivity contribution in [2.24, 2.45) is 0 Å². The van der Waals surface area contributed by atoms with E-state index in [0.717, 1.165) is 11.3 Å². The first-order chi connectivity index (χ1) is 5.75. The van der Waals surface area contributed by atoms with Gasteiger partial charge in [0.15, 0.2) is 0 Å². The molecule has 0 bridgehead atoms. The summed E-state index contributed by atoms with van der Waals surface area (Å²) in [5.41, 5.74) is 0.869. The lowest BCUT2D eigenvalue weighted by Gasteiger charge is -2.21. The van der Waals surface area contributed by atoms with Gasteiger partial charge in [-0.15, -0.1) is 0 Å². The highest BCUT2D eigenvalue weighted by Gasteiger charge is 2.17. The molecule has 0 saturated carbocycles. The molecule has 0 aromatic heterocycles. The van der Waals surface area contributed by atoms with Gasteiger partial charge in [0.05, 0.1) is 6.10 Å². The molecule has 0 amide bonds. The fourth-order valence-corrected chi connectivity index (χ4v) is 1.36. The summed E-state index contributed by atoms with van der Waals surface area (Å²) in [5, 5.41) is 18.4. The van der Waals surface area contributed by atoms with Crippen LogP contribution in [0, 0.1) is 0 Å². The Labute approximate surface area is 70.2 Å². The van der Waals surface area contributed by atoms with Gasteiger partial charge in [-0.3, -0.25) is 0 Å². The average molecular weight is 166 g/mol. The zero-order valence-corrected chi connectivity index (χ0v) is 6.53. The molecule has 1 unspecified atom stereocenters. The van der Waals surface area contributed by atoms with Crippen molar-refractivity contribution in [3.8, 4) is 11.5 Å². The van der Waals surface area contributed by atoms with E-state index in [1.807, 2.05) is 0 Å². The van der Waals surface area contributed by atoms with Crippen LogP contribution in [0.3, 0.4) is 0 Å². The summed E-state index contributed by atoms with van der Waals surface area (Å²) in [6.07, 6.45) is 0.114. The molecule has 1 aliphatic heterocycles. The van der Waals surface area contributed by atoms with Crippen LogP contribution < -0.4 is 4.74 Å². The maximum atomic E-state index is 9.24. The number of hydrogen-bond acceptors (Lipinski definition) is 3. The van der Waals surface area contributed by atoms with Crippen LogP contribution in [-0.2, 0) is 6.42 Å². The van der Waals surface area contributed by atoms with Crippen LogP contribution in [0.1, 0.15) is 5.56 Å². The van der Waals surface area contributed by atoms with Crippen molar-refractivity contribution in [2.75, 3.05) is 6.61 Å². The van der Waals surface area contributed by atoms with Gasteiger partial charge in [0.2, 0.25) is 0 Å². The summed E-state index contributed by atoms with van der Waals surface area (Å²) in [4.78, 5) is 0. The summed E-state index contributed by atoms with van der Waals surface area (Å²) in [6.45, 7) is 0.345. The quantitative estimate of drug-likeness (QED) is 0.596. The molecular weight excluding hydrogens is 156 g/mol. The van der Waals surface area contributed by atoms with Crippen molar-refractivity contribution in [3.63, 3.8) is 0 Å². The first-order valence-electron chi connectivity index (χ1n) is 3.88. The molecule has 1 heterocycles. The van der Waals surface area contributed by atoms with Crippen LogP contribution in [-0.4, -0.2) is 22.9 Å². The molecule has 0 aliphatic carbocycles. The number of benzene rings is 1. The summed E-state index contributed by atoms with van der Waals surface area (Å²) < 4.78 is 5.23. The summed E-state index contributed by atoms with van der Waals surface area (Å²) in [6, 6.07) is 4.92. The van der Waals surface area contributed by atoms with E-state index in [1.54, 1.807) is 18.2 Å². The van der Waals surface area contributed by atoms with Gasteiger partial charge >= 0.3 is 0 Å². The van der Waals surface area contributed by atoms with Crippen LogP contribution in [0.25, 0.3) is 0 Å². The molecule has 1 aliphatic rings. The van der Waals surface area contributed by atoms with Crippen LogP contribution in [0.15, 0.2) is 18.2 Å². The molecular formula is C9H10O3. The lowest BCUT2D eigenvalue weighted by Crippen LogP contribution is -2.25. The molecule has 0 radical (unpaired) electrons. The monoisotopic (exact) mass is 166 g/mol. The van der Waals surface area contributed by atoms with Crippen LogP contribution in [0.5, 0.6) is 11.5 Å². The largest absolute Gasteiger partial charge is 0.508 e. The summed E-state index contributed by atoms with van der Waals surface area (Å²) in [5.74, 6) is 0.976. The number of aliphatic hydroxyl groups is 1. The molecule has 1 aromatic rings. The maximum absolute atomic E-state index is 9.24. The Morgan fingerprint density at radius 2 is 2.25 bits per heavy atom. The highest BCUT2D eigenvalue weighted by molar-refractivity contribution is 5.41. The lowest BCUT2D eigenvalue weighted by molar-refractivity contribution is 0.0920. The molecule has 3 heteroatoms. The smallest absolute Gasteiger partial charge is 0.122 e. The minimum absolute atomic E-state index is 0.214. The first kappa shape index (κ1) is 7.43. The fourth-order valence-electron chi connectivity index (χ4n) is 1.36. The summed E-state index contributed by atoms with van der Waals surface area (Å²) >= 11 is 0. The van der Waals surface area contributed by atoms with Gasteiger partial charge in [0.1, 0.15) is 18.1 Å². The number of hydrogen-bond donors (Lipinski definition) is 2. The Bertz CT molecular complexity index is 296. The zero-order valence-electron chi connectivity index (χ0n) is 6.53. The van der Waals surface area contributed by atoms with Crippen molar-refractivity contribution in [2.45, 2.75) is 12.5 Å². The lowest BCUT2D eigenvalue weighted by atomic mass is 10.0. The highest BCUT2D eigenvalue weighted by Crippen LogP contribution is 2.27. The van der Waals surface area contributed by atoms with Gasteiger partial charge in [-0.05, 0) is 18.2 Å². The van der Waals surface area contributed by atoms with Gasteiger partial charge in [0, 0.05) is 12.0 Å². The Balaban J connectivity index is 2.37. The number of aliphatic hydroxyl groups excluding tert-OH is 1. The molecule has 64 valence electrons. The van der Waals surface area contributed by atoms with E-state index in [4.69, 9.17) is 9.84 Å². The Morgan fingerprint density at radius 1 is 1.42 bits per heavy atom. The third-order valence-corrected chi connectivity index (χ3v) is 1.93. The number of fused-ring (bicyclic) bond motifs is 1. The molecule has 1 aromatic carbocycles. The average Bonchev–Trinajstić information content (AvgIpc) is 2.03. The number of phenolic OH excluding ortho intramolecular Hbond substituents is 1. The van der Waals surface area contributed by atoms with Gasteiger partial charge in [-0.25, -0.2) is 0 Å². The van der Waals surface area contributed by atoms with Crippen molar-refractivity contribution < 1.29 is 14.9 Å². The highest BCUT2D eigenvalue weighted by atomic mass is 16.5. The van der Waals surface area contributed by atoms with Crippen molar-refractivity contribution in [1.82, 2.24) is 0 Å². The van der Waals surface area contributed by atoms with Crippen molar-refractivity contribution in [3.05, 3.63) is 23.8 Å². The van der Waals surface area contributed by atoms with E-state index in [1.165, 1.54) is 0 Å². The molecule has 0 spiro atoms. The SMILES string of the molecule is Oc1ccc2c(c1)CC(O)CO2. The maximum Gasteiger partial charge on any atom is 0.122 e. The summed E-state index contributed by atoms with van der Waals surface area (Å²) in [7, 11) is 0. The van der Waals surface area contributed by atoms with Crippen molar-refractivity contribution >= 4 is 0 Å². The van der Waals surface area contributed by atoms with Crippen LogP contribution >= 0.6 is 0 Å². The van der Waals surface area contributed by atoms with Gasteiger partial charge in [0.25, 0.3) is 0 Å². The molecule has 1 atom stereocenters. The number of aromatic hydroxyl groups is 1. The Hall–Kier alpha value is -1.22. The number of phenols is 1. The van der Waals surface area contributed by atoms with E-state index in [-0.39, 0.29) is 5.75 Å². The Kier molecular flexibility index (Phi) is 1.66. The van der Waals surface area contributed by atoms with E-state index >= 15 is 0 Å². The predicted octanol–water partition coefficient (Wildman–Crippen LogP) is 0.688. The second-order valence-electron chi connectivity index (χ2n) is 2.96. The third kappa shape index (κ3) is 1.23. The van der Waals surface area contributed by atoms with E-state index in [0.29, 0.717) is 13.0 Å². The Morgan fingerprint density at radius 3 is 3.08 bits per heavy atom. The molecule has 2 rings (SSSR count). The topological polar surface area (TPSA) is 49.7 Å². The van der Waals surface area contributed by atoms with Crippen LogP contribution in [0.2, 0.25) is 0 Å². The van der Waals surface area contributed by atoms with E-state index < -0.39 is 6.10 Å². The molecule has 0 saturated heterocycles. The second-order valence-corrected chi connectivity index (χ2v) is 2.96. The minimum atomic E-state index is -0.445. The molecule has 2 N–H and O–H groups in total. The fraction of sp³-hybridized carbons (Fsp3) is 0.333. The van der Waals surface area contributed by atoms with Gasteiger partial charge in [-0.1, -0.05) is 0 Å². The molecule has 12 heavy (non-hydrogen) atoms. The van der Waals surface area contributed by atoms with Crippen LogP contribution in [0.4, 0.5) is 0 Å². The predicted molar refractivity (Wildman–Crippen MR) is 43.3 cm³/mol. The third-order valence-electron chi connectivity index (χ3n) is 1.93. The second kappa shape index (κ2) is 2.68. The van der Waals surface area contributed by atoms with E-state index in [2.05, 4.69) is 0 Å². The van der Waals surface area contributed by atoms with Gasteiger partial charge in [-0.2, -0.15) is 0 Å². The number of ether oxygens (including phenoxy) is 1. The molecule has 3 nitrogen and oxygen atoms in total. The molecule has 0 fully saturated rings. The zero-order chi connectivity index (χ0) is 8.55. The van der Waals surface area contributed by atoms with Crippen molar-refractivity contribution in [1.29, 1.82) is 0 Å². The minimum Gasteiger partial charge on any atom is -0.508 e. The van der Waals surface area contributed by atoms with Gasteiger partial charge < -0.3 is 14.9 Å².